The predicted octanol–water partition coefficient (Wildman–Crippen LogP) is 5.62. The molecule has 2 heterocycles. The molecule has 2 unspecified atom stereocenters. The van der Waals surface area contributed by atoms with Crippen LogP contribution >= 0.6 is 0 Å². The summed E-state index contributed by atoms with van der Waals surface area (Å²) in [5.74, 6) is 3.04. The van der Waals surface area contributed by atoms with E-state index in [2.05, 4.69) is 35.7 Å². The molecule has 0 saturated heterocycles. The first-order valence-electron chi connectivity index (χ1n) is 11.7. The van der Waals surface area contributed by atoms with E-state index in [9.17, 15) is 4.79 Å². The zero-order valence-electron chi connectivity index (χ0n) is 20.6. The predicted molar refractivity (Wildman–Crippen MR) is 129 cm³/mol. The highest BCUT2D eigenvalue weighted by atomic mass is 16.5. The number of aromatic nitrogens is 3. The average Bonchev–Trinajstić information content (AvgIpc) is 3.30. The van der Waals surface area contributed by atoms with E-state index in [4.69, 9.17) is 20.8 Å². The molecule has 4 rings (SSSR count). The summed E-state index contributed by atoms with van der Waals surface area (Å²) in [6.07, 6.45) is 3.07. The van der Waals surface area contributed by atoms with Crippen molar-refractivity contribution in [3.63, 3.8) is 0 Å². The number of methoxy groups -OCH3 is 2. The number of hydrogen-bond donors (Lipinski definition) is 1. The van der Waals surface area contributed by atoms with Gasteiger partial charge in [-0.3, -0.25) is 5.10 Å². The first-order chi connectivity index (χ1) is 16.3. The van der Waals surface area contributed by atoms with E-state index in [1.165, 1.54) is 27.1 Å². The van der Waals surface area contributed by atoms with Crippen LogP contribution in [-0.4, -0.2) is 34.8 Å². The van der Waals surface area contributed by atoms with Crippen LogP contribution in [0.3, 0.4) is 0 Å². The standard InChI is InChI=1S/C26H32N4O4/c1-14-11-15(2)18(16(3)12-14)13-19-23(27-5)25(30-24(19)28-17(4)29-30)34-26(31)22-20(32-6)9-8-10-21(22)33-7/h8-10,14-16,18H,11-13H2,1-4,6-7H3,(H,28,29). The van der Waals surface area contributed by atoms with Gasteiger partial charge in [0.15, 0.2) is 0 Å². The third-order valence-corrected chi connectivity index (χ3v) is 7.10. The maximum absolute atomic E-state index is 13.3. The van der Waals surface area contributed by atoms with Gasteiger partial charge < -0.3 is 14.2 Å². The minimum absolute atomic E-state index is 0.142. The van der Waals surface area contributed by atoms with Gasteiger partial charge in [0, 0.05) is 5.56 Å². The Bertz CT molecular complexity index is 1220. The molecule has 180 valence electrons. The minimum Gasteiger partial charge on any atom is -0.496 e. The van der Waals surface area contributed by atoms with E-state index >= 15 is 0 Å². The second-order valence-electron chi connectivity index (χ2n) is 9.54. The first-order valence-corrected chi connectivity index (χ1v) is 11.7. The fourth-order valence-electron chi connectivity index (χ4n) is 5.64. The molecule has 0 bridgehead atoms. The average molecular weight is 465 g/mol. The van der Waals surface area contributed by atoms with E-state index in [1.807, 2.05) is 6.92 Å². The smallest absolute Gasteiger partial charge is 0.351 e. The quantitative estimate of drug-likeness (QED) is 0.378. The Morgan fingerprint density at radius 3 is 2.35 bits per heavy atom. The summed E-state index contributed by atoms with van der Waals surface area (Å²) >= 11 is 0. The minimum atomic E-state index is -0.661. The molecule has 1 aliphatic rings. The van der Waals surface area contributed by atoms with Crippen LogP contribution in [0.4, 0.5) is 5.69 Å². The summed E-state index contributed by atoms with van der Waals surface area (Å²) in [6.45, 7) is 16.7. The number of aromatic amines is 1. The molecule has 0 radical (unpaired) electrons. The molecule has 0 amide bonds. The van der Waals surface area contributed by atoms with Crippen molar-refractivity contribution >= 4 is 17.3 Å². The largest absolute Gasteiger partial charge is 0.496 e. The number of hydrogen-bond acceptors (Lipinski definition) is 5. The first kappa shape index (κ1) is 23.7. The molecule has 0 aliphatic heterocycles. The molecule has 34 heavy (non-hydrogen) atoms. The number of benzene rings is 1. The fraction of sp³-hybridized carbons (Fsp3) is 0.500. The third-order valence-electron chi connectivity index (χ3n) is 7.10. The molecule has 1 N–H and O–H groups in total. The molecule has 0 spiro atoms. The highest BCUT2D eigenvalue weighted by Gasteiger charge is 2.35. The van der Waals surface area contributed by atoms with E-state index in [-0.39, 0.29) is 11.4 Å². The normalized spacial score (nSPS) is 22.4. The Labute approximate surface area is 200 Å². The molecule has 2 atom stereocenters. The molecule has 1 aliphatic carbocycles. The van der Waals surface area contributed by atoms with E-state index in [1.54, 1.807) is 22.7 Å². The van der Waals surface area contributed by atoms with Gasteiger partial charge in [0.1, 0.15) is 28.5 Å². The summed E-state index contributed by atoms with van der Waals surface area (Å²) in [4.78, 5) is 21.7. The lowest BCUT2D eigenvalue weighted by Crippen LogP contribution is -2.30. The highest BCUT2D eigenvalue weighted by Crippen LogP contribution is 2.45. The monoisotopic (exact) mass is 464 g/mol. The van der Waals surface area contributed by atoms with Crippen LogP contribution in [-0.2, 0) is 6.42 Å². The van der Waals surface area contributed by atoms with Crippen LogP contribution in [0.25, 0.3) is 10.5 Å². The second kappa shape index (κ2) is 9.41. The third kappa shape index (κ3) is 4.11. The number of fused-ring (bicyclic) bond motifs is 1. The lowest BCUT2D eigenvalue weighted by molar-refractivity contribution is 0.0718. The molecule has 1 aromatic carbocycles. The van der Waals surface area contributed by atoms with Crippen molar-refractivity contribution < 1.29 is 19.0 Å². The zero-order valence-corrected chi connectivity index (χ0v) is 20.6. The molecule has 1 saturated carbocycles. The molecule has 3 aromatic rings. The number of aryl methyl sites for hydroxylation is 1. The number of carbonyl (C=O) groups is 1. The summed E-state index contributed by atoms with van der Waals surface area (Å²) < 4.78 is 18.2. The number of rotatable bonds is 6. The van der Waals surface area contributed by atoms with Crippen LogP contribution in [0, 0.1) is 37.2 Å². The van der Waals surface area contributed by atoms with Gasteiger partial charge in [-0.15, -0.1) is 0 Å². The van der Waals surface area contributed by atoms with Gasteiger partial charge in [-0.25, -0.2) is 19.1 Å². The van der Waals surface area contributed by atoms with Crippen LogP contribution in [0.1, 0.15) is 55.4 Å². The van der Waals surface area contributed by atoms with Gasteiger partial charge in [-0.05, 0) is 62.0 Å². The number of nitrogens with zero attached hydrogens (tertiary/aromatic N) is 3. The van der Waals surface area contributed by atoms with Crippen molar-refractivity contribution in [2.75, 3.05) is 14.2 Å². The van der Waals surface area contributed by atoms with E-state index < -0.39 is 5.97 Å². The second-order valence-corrected chi connectivity index (χ2v) is 9.54. The van der Waals surface area contributed by atoms with Crippen LogP contribution in [0.2, 0.25) is 0 Å². The summed E-state index contributed by atoms with van der Waals surface area (Å²) in [7, 11) is 2.96. The van der Waals surface area contributed by atoms with Crippen LogP contribution in [0.15, 0.2) is 18.2 Å². The van der Waals surface area contributed by atoms with Crippen molar-refractivity contribution in [2.45, 2.75) is 47.0 Å². The van der Waals surface area contributed by atoms with Crippen molar-refractivity contribution in [1.82, 2.24) is 14.6 Å². The van der Waals surface area contributed by atoms with Gasteiger partial charge in [0.2, 0.25) is 5.88 Å². The highest BCUT2D eigenvalue weighted by molar-refractivity contribution is 5.97. The molecular weight excluding hydrogens is 432 g/mol. The zero-order chi connectivity index (χ0) is 24.6. The Hall–Kier alpha value is -3.47. The number of carbonyl (C=O) groups excluding carboxylic acids is 1. The number of esters is 1. The van der Waals surface area contributed by atoms with Crippen LogP contribution < -0.4 is 14.2 Å². The summed E-state index contributed by atoms with van der Waals surface area (Å²) in [5.41, 5.74) is 1.95. The van der Waals surface area contributed by atoms with Gasteiger partial charge in [-0.2, -0.15) is 0 Å². The Balaban J connectivity index is 1.77. The SMILES string of the molecule is [C-]#[N+]c1c(CC2C(C)CC(C)CC2C)c2nc(C)[nH]n2c1OC(=O)c1c(OC)cccc1OC. The lowest BCUT2D eigenvalue weighted by Gasteiger charge is -2.38. The molecule has 8 nitrogen and oxygen atoms in total. The van der Waals surface area contributed by atoms with E-state index in [0.29, 0.717) is 52.3 Å². The number of nitrogens with one attached hydrogen (secondary N) is 1. The molecule has 8 heteroatoms. The Kier molecular flexibility index (Phi) is 6.56. The number of ether oxygens (including phenoxy) is 3. The fourth-order valence-corrected chi connectivity index (χ4v) is 5.64. The summed E-state index contributed by atoms with van der Waals surface area (Å²) in [5, 5.41) is 3.13. The number of H-pyrrole nitrogens is 1. The van der Waals surface area contributed by atoms with Gasteiger partial charge in [0.25, 0.3) is 5.69 Å². The van der Waals surface area contributed by atoms with Crippen molar-refractivity contribution in [1.29, 1.82) is 0 Å². The maximum atomic E-state index is 13.3. The Morgan fingerprint density at radius 2 is 1.79 bits per heavy atom. The van der Waals surface area contributed by atoms with Gasteiger partial charge in [0.05, 0.1) is 20.8 Å². The van der Waals surface area contributed by atoms with Crippen molar-refractivity contribution in [2.24, 2.45) is 23.7 Å². The van der Waals surface area contributed by atoms with Gasteiger partial charge in [-0.1, -0.05) is 26.8 Å². The molecule has 2 aromatic heterocycles. The van der Waals surface area contributed by atoms with Crippen molar-refractivity contribution in [3.8, 4) is 17.4 Å². The van der Waals surface area contributed by atoms with Crippen molar-refractivity contribution in [3.05, 3.63) is 46.6 Å². The maximum Gasteiger partial charge on any atom is 0.351 e. The Morgan fingerprint density at radius 1 is 1.18 bits per heavy atom. The molecule has 1 fully saturated rings. The van der Waals surface area contributed by atoms with Crippen LogP contribution in [0.5, 0.6) is 17.4 Å². The molecular formula is C26H32N4O4. The van der Waals surface area contributed by atoms with E-state index in [0.717, 1.165) is 12.0 Å². The summed E-state index contributed by atoms with van der Waals surface area (Å²) in [6, 6.07) is 5.07. The topological polar surface area (TPSA) is 82.2 Å². The van der Waals surface area contributed by atoms with Gasteiger partial charge >= 0.3 is 5.97 Å². The lowest BCUT2D eigenvalue weighted by atomic mass is 9.67.